The number of hydrogen-bond donors (Lipinski definition) is 1. The molecule has 4 saturated carbocycles. The SMILES string of the molecule is CCc1ccc(C=NNC(=O)CC23CC4CC(CC(C4)C2)C3)s1. The van der Waals surface area contributed by atoms with Gasteiger partial charge in [-0.05, 0) is 80.2 Å². The van der Waals surface area contributed by atoms with Gasteiger partial charge >= 0.3 is 0 Å². The third-order valence-corrected chi connectivity index (χ3v) is 7.28. The number of carbonyl (C=O) groups is 1. The highest BCUT2D eigenvalue weighted by molar-refractivity contribution is 7.13. The number of nitrogens with one attached hydrogen (secondary N) is 1. The van der Waals surface area contributed by atoms with Gasteiger partial charge < -0.3 is 0 Å². The Morgan fingerprint density at radius 3 is 2.48 bits per heavy atom. The van der Waals surface area contributed by atoms with Crippen LogP contribution < -0.4 is 5.43 Å². The van der Waals surface area contributed by atoms with Crippen molar-refractivity contribution in [2.75, 3.05) is 0 Å². The van der Waals surface area contributed by atoms with Crippen LogP contribution in [0.4, 0.5) is 0 Å². The van der Waals surface area contributed by atoms with Crippen molar-refractivity contribution < 1.29 is 4.79 Å². The molecule has 1 heterocycles. The van der Waals surface area contributed by atoms with Gasteiger partial charge in [-0.2, -0.15) is 5.10 Å². The molecule has 124 valence electrons. The lowest BCUT2D eigenvalue weighted by Crippen LogP contribution is -2.47. The highest BCUT2D eigenvalue weighted by Crippen LogP contribution is 2.61. The quantitative estimate of drug-likeness (QED) is 0.632. The van der Waals surface area contributed by atoms with Crippen LogP contribution in [0.2, 0.25) is 0 Å². The first-order chi connectivity index (χ1) is 11.1. The van der Waals surface area contributed by atoms with Gasteiger partial charge in [0.15, 0.2) is 0 Å². The Morgan fingerprint density at radius 1 is 1.26 bits per heavy atom. The standard InChI is InChI=1S/C19H26N2OS/c1-2-16-3-4-17(23-16)12-20-21-18(22)11-19-8-13-5-14(9-19)7-15(6-13)10-19/h3-4,12-15H,2,5-11H2,1H3,(H,21,22). The van der Waals surface area contributed by atoms with E-state index in [-0.39, 0.29) is 5.91 Å². The van der Waals surface area contributed by atoms with E-state index in [1.807, 2.05) is 0 Å². The van der Waals surface area contributed by atoms with Crippen LogP contribution in [0.1, 0.15) is 61.6 Å². The van der Waals surface area contributed by atoms with Crippen molar-refractivity contribution in [3.8, 4) is 0 Å². The molecular formula is C19H26N2OS. The van der Waals surface area contributed by atoms with E-state index in [1.165, 1.54) is 43.4 Å². The summed E-state index contributed by atoms with van der Waals surface area (Å²) < 4.78 is 0. The van der Waals surface area contributed by atoms with E-state index in [4.69, 9.17) is 0 Å². The maximum absolute atomic E-state index is 12.4. The average molecular weight is 330 g/mol. The first-order valence-electron chi connectivity index (χ1n) is 9.05. The fraction of sp³-hybridized carbons (Fsp3) is 0.684. The predicted octanol–water partition coefficient (Wildman–Crippen LogP) is 4.37. The van der Waals surface area contributed by atoms with E-state index in [2.05, 4.69) is 29.6 Å². The van der Waals surface area contributed by atoms with Gasteiger partial charge in [0.2, 0.25) is 5.91 Å². The molecule has 3 nitrogen and oxygen atoms in total. The van der Waals surface area contributed by atoms with Crippen LogP contribution >= 0.6 is 11.3 Å². The van der Waals surface area contributed by atoms with Crippen molar-refractivity contribution in [2.24, 2.45) is 28.3 Å². The monoisotopic (exact) mass is 330 g/mol. The summed E-state index contributed by atoms with van der Waals surface area (Å²) in [5.41, 5.74) is 3.07. The maximum atomic E-state index is 12.4. The Hall–Kier alpha value is -1.16. The normalized spacial score (nSPS) is 35.1. The molecule has 4 fully saturated rings. The van der Waals surface area contributed by atoms with Gasteiger partial charge in [0.1, 0.15) is 0 Å². The molecule has 1 amide bonds. The van der Waals surface area contributed by atoms with E-state index < -0.39 is 0 Å². The number of hydrogen-bond acceptors (Lipinski definition) is 3. The number of aryl methyl sites for hydroxylation is 1. The van der Waals surface area contributed by atoms with E-state index in [0.29, 0.717) is 11.8 Å². The summed E-state index contributed by atoms with van der Waals surface area (Å²) in [5, 5.41) is 4.17. The van der Waals surface area contributed by atoms with Crippen molar-refractivity contribution in [1.82, 2.24) is 5.43 Å². The minimum atomic E-state index is 0.107. The van der Waals surface area contributed by atoms with Gasteiger partial charge in [-0.15, -0.1) is 11.3 Å². The Bertz CT molecular complexity index is 583. The van der Waals surface area contributed by atoms with Crippen LogP contribution in [-0.4, -0.2) is 12.1 Å². The van der Waals surface area contributed by atoms with Crippen LogP contribution in [0.25, 0.3) is 0 Å². The van der Waals surface area contributed by atoms with Gasteiger partial charge in [0, 0.05) is 16.2 Å². The van der Waals surface area contributed by atoms with E-state index >= 15 is 0 Å². The zero-order valence-electron chi connectivity index (χ0n) is 13.9. The molecule has 1 aromatic heterocycles. The van der Waals surface area contributed by atoms with Gasteiger partial charge in [-0.1, -0.05) is 6.92 Å². The Morgan fingerprint density at radius 2 is 1.91 bits per heavy atom. The smallest absolute Gasteiger partial charge is 0.240 e. The third kappa shape index (κ3) is 3.23. The largest absolute Gasteiger partial charge is 0.273 e. The van der Waals surface area contributed by atoms with Crippen LogP contribution in [0, 0.1) is 23.2 Å². The summed E-state index contributed by atoms with van der Waals surface area (Å²) in [6, 6.07) is 4.20. The van der Waals surface area contributed by atoms with Crippen LogP contribution in [0.15, 0.2) is 17.2 Å². The van der Waals surface area contributed by atoms with Crippen LogP contribution in [0.5, 0.6) is 0 Å². The Kier molecular flexibility index (Phi) is 4.04. The lowest BCUT2D eigenvalue weighted by atomic mass is 9.49. The molecule has 0 atom stereocenters. The number of carbonyl (C=O) groups excluding carboxylic acids is 1. The van der Waals surface area contributed by atoms with E-state index in [1.54, 1.807) is 17.6 Å². The summed E-state index contributed by atoms with van der Waals surface area (Å²) in [5.74, 6) is 2.80. The molecular weight excluding hydrogens is 304 g/mol. The topological polar surface area (TPSA) is 41.5 Å². The van der Waals surface area contributed by atoms with E-state index in [0.717, 1.165) is 29.1 Å². The van der Waals surface area contributed by atoms with Gasteiger partial charge in [0.05, 0.1) is 6.21 Å². The number of thiophene rings is 1. The number of hydrazone groups is 1. The zero-order valence-corrected chi connectivity index (χ0v) is 14.7. The summed E-state index contributed by atoms with van der Waals surface area (Å²) >= 11 is 1.74. The maximum Gasteiger partial charge on any atom is 0.240 e. The lowest BCUT2D eigenvalue weighted by molar-refractivity contribution is -0.129. The second kappa shape index (κ2) is 6.04. The van der Waals surface area contributed by atoms with Gasteiger partial charge in [0.25, 0.3) is 0 Å². The molecule has 1 N–H and O–H groups in total. The van der Waals surface area contributed by atoms with Gasteiger partial charge in [-0.3, -0.25) is 4.79 Å². The fourth-order valence-corrected chi connectivity index (χ4v) is 6.53. The van der Waals surface area contributed by atoms with Crippen molar-refractivity contribution in [1.29, 1.82) is 0 Å². The van der Waals surface area contributed by atoms with Crippen LogP contribution in [0.3, 0.4) is 0 Å². The minimum absolute atomic E-state index is 0.107. The zero-order chi connectivity index (χ0) is 15.9. The number of nitrogens with zero attached hydrogens (tertiary/aromatic N) is 1. The van der Waals surface area contributed by atoms with Gasteiger partial charge in [-0.25, -0.2) is 5.43 Å². The molecule has 0 unspecified atom stereocenters. The molecule has 0 aliphatic heterocycles. The summed E-state index contributed by atoms with van der Waals surface area (Å²) in [4.78, 5) is 14.8. The number of rotatable bonds is 5. The minimum Gasteiger partial charge on any atom is -0.273 e. The summed E-state index contributed by atoms with van der Waals surface area (Å²) in [7, 11) is 0. The fourth-order valence-electron chi connectivity index (χ4n) is 5.71. The molecule has 4 aliphatic carbocycles. The third-order valence-electron chi connectivity index (χ3n) is 6.11. The average Bonchev–Trinajstić information content (AvgIpc) is 2.93. The first kappa shape index (κ1) is 15.4. The molecule has 0 spiro atoms. The van der Waals surface area contributed by atoms with Crippen LogP contribution in [-0.2, 0) is 11.2 Å². The molecule has 5 rings (SSSR count). The number of amides is 1. The van der Waals surface area contributed by atoms with Crippen molar-refractivity contribution in [2.45, 2.75) is 58.3 Å². The first-order valence-corrected chi connectivity index (χ1v) is 9.86. The van der Waals surface area contributed by atoms with E-state index in [9.17, 15) is 4.79 Å². The molecule has 0 saturated heterocycles. The summed E-state index contributed by atoms with van der Waals surface area (Å²) in [6.45, 7) is 2.15. The molecule has 0 aromatic carbocycles. The molecule has 4 bridgehead atoms. The van der Waals surface area contributed by atoms with Crippen molar-refractivity contribution >= 4 is 23.5 Å². The molecule has 4 heteroatoms. The molecule has 1 aromatic rings. The van der Waals surface area contributed by atoms with Crippen molar-refractivity contribution in [3.63, 3.8) is 0 Å². The molecule has 0 radical (unpaired) electrons. The second-order valence-corrected chi connectivity index (χ2v) is 9.25. The molecule has 23 heavy (non-hydrogen) atoms. The predicted molar refractivity (Wildman–Crippen MR) is 94.7 cm³/mol. The Balaban J connectivity index is 1.33. The highest BCUT2D eigenvalue weighted by atomic mass is 32.1. The lowest BCUT2D eigenvalue weighted by Gasteiger charge is -2.56. The Labute approximate surface area is 142 Å². The second-order valence-electron chi connectivity index (χ2n) is 8.05. The van der Waals surface area contributed by atoms with Crippen molar-refractivity contribution in [3.05, 3.63) is 21.9 Å². The highest BCUT2D eigenvalue weighted by Gasteiger charge is 2.51. The summed E-state index contributed by atoms with van der Waals surface area (Å²) in [6.07, 6.45) is 11.6. The molecule has 4 aliphatic rings.